The molecule has 0 fully saturated rings. The van der Waals surface area contributed by atoms with Gasteiger partial charge in [-0.3, -0.25) is 9.59 Å². The fourth-order valence-electron chi connectivity index (χ4n) is 2.00. The second kappa shape index (κ2) is 8.10. The molecule has 5 heteroatoms. The van der Waals surface area contributed by atoms with E-state index in [1.54, 1.807) is 48.5 Å². The second-order valence-corrected chi connectivity index (χ2v) is 4.80. The molecular formula is C18H18O5. The van der Waals surface area contributed by atoms with Crippen LogP contribution in [0.15, 0.2) is 48.5 Å². The first-order chi connectivity index (χ1) is 11.1. The average Bonchev–Trinajstić information content (AvgIpc) is 2.61. The van der Waals surface area contributed by atoms with Gasteiger partial charge in [-0.15, -0.1) is 0 Å². The van der Waals surface area contributed by atoms with Gasteiger partial charge in [-0.2, -0.15) is 0 Å². The molecule has 0 N–H and O–H groups in total. The van der Waals surface area contributed by atoms with Gasteiger partial charge in [0.1, 0.15) is 24.7 Å². The normalized spacial score (nSPS) is 10.2. The third-order valence-electron chi connectivity index (χ3n) is 3.25. The van der Waals surface area contributed by atoms with E-state index in [0.717, 1.165) is 0 Å². The highest BCUT2D eigenvalue weighted by Gasteiger charge is 2.11. The van der Waals surface area contributed by atoms with Crippen LogP contribution in [0.1, 0.15) is 20.7 Å². The maximum atomic E-state index is 12.0. The van der Waals surface area contributed by atoms with Crippen LogP contribution in [-0.4, -0.2) is 39.0 Å². The summed E-state index contributed by atoms with van der Waals surface area (Å²) < 4.78 is 15.4. The average molecular weight is 314 g/mol. The van der Waals surface area contributed by atoms with Gasteiger partial charge in [0, 0.05) is 11.1 Å². The highest BCUT2D eigenvalue weighted by molar-refractivity contribution is 5.99. The van der Waals surface area contributed by atoms with E-state index in [9.17, 15) is 9.59 Å². The van der Waals surface area contributed by atoms with Gasteiger partial charge >= 0.3 is 0 Å². The van der Waals surface area contributed by atoms with Crippen molar-refractivity contribution in [3.63, 3.8) is 0 Å². The van der Waals surface area contributed by atoms with Crippen molar-refractivity contribution in [1.29, 1.82) is 0 Å². The largest absolute Gasteiger partial charge is 0.497 e. The highest BCUT2D eigenvalue weighted by Crippen LogP contribution is 2.14. The molecule has 5 nitrogen and oxygen atoms in total. The molecule has 0 aliphatic heterocycles. The zero-order valence-electron chi connectivity index (χ0n) is 13.1. The Morgan fingerprint density at radius 3 is 1.61 bits per heavy atom. The minimum Gasteiger partial charge on any atom is -0.497 e. The van der Waals surface area contributed by atoms with Crippen molar-refractivity contribution in [1.82, 2.24) is 0 Å². The number of carbonyl (C=O) groups excluding carboxylic acids is 2. The van der Waals surface area contributed by atoms with Crippen molar-refractivity contribution in [2.45, 2.75) is 0 Å². The lowest BCUT2D eigenvalue weighted by molar-refractivity contribution is 0.0672. The van der Waals surface area contributed by atoms with Crippen molar-refractivity contribution in [2.24, 2.45) is 0 Å². The molecular weight excluding hydrogens is 296 g/mol. The SMILES string of the molecule is COc1cccc(C(=O)COCC(=O)c2cccc(OC)c2)c1. The first-order valence-corrected chi connectivity index (χ1v) is 7.06. The number of methoxy groups -OCH3 is 2. The summed E-state index contributed by atoms with van der Waals surface area (Å²) in [6, 6.07) is 13.6. The van der Waals surface area contributed by atoms with Crippen molar-refractivity contribution in [2.75, 3.05) is 27.4 Å². The van der Waals surface area contributed by atoms with Crippen LogP contribution in [0.4, 0.5) is 0 Å². The zero-order chi connectivity index (χ0) is 16.7. The fourth-order valence-corrected chi connectivity index (χ4v) is 2.00. The monoisotopic (exact) mass is 314 g/mol. The maximum absolute atomic E-state index is 12.0. The van der Waals surface area contributed by atoms with E-state index >= 15 is 0 Å². The summed E-state index contributed by atoms with van der Waals surface area (Å²) in [7, 11) is 3.07. The summed E-state index contributed by atoms with van der Waals surface area (Å²) in [5, 5.41) is 0. The van der Waals surface area contributed by atoms with Gasteiger partial charge in [-0.1, -0.05) is 24.3 Å². The Kier molecular flexibility index (Phi) is 5.88. The fraction of sp³-hybridized carbons (Fsp3) is 0.222. The van der Waals surface area contributed by atoms with Gasteiger partial charge < -0.3 is 14.2 Å². The number of ether oxygens (including phenoxy) is 3. The quantitative estimate of drug-likeness (QED) is 0.701. The number of hydrogen-bond donors (Lipinski definition) is 0. The number of carbonyl (C=O) groups is 2. The first-order valence-electron chi connectivity index (χ1n) is 7.06. The third kappa shape index (κ3) is 4.66. The Bertz CT molecular complexity index is 634. The minimum atomic E-state index is -0.206. The summed E-state index contributed by atoms with van der Waals surface area (Å²) in [6.07, 6.45) is 0. The topological polar surface area (TPSA) is 61.8 Å². The van der Waals surface area contributed by atoms with E-state index in [2.05, 4.69) is 0 Å². The Hall–Kier alpha value is -2.66. The molecule has 0 saturated heterocycles. The van der Waals surface area contributed by atoms with Crippen LogP contribution < -0.4 is 9.47 Å². The predicted molar refractivity (Wildman–Crippen MR) is 85.5 cm³/mol. The number of hydrogen-bond acceptors (Lipinski definition) is 5. The summed E-state index contributed by atoms with van der Waals surface area (Å²) in [6.45, 7) is -0.328. The van der Waals surface area contributed by atoms with Crippen LogP contribution in [0.5, 0.6) is 11.5 Å². The van der Waals surface area contributed by atoms with Crippen molar-refractivity contribution >= 4 is 11.6 Å². The Morgan fingerprint density at radius 2 is 1.22 bits per heavy atom. The van der Waals surface area contributed by atoms with E-state index in [-0.39, 0.29) is 24.8 Å². The molecule has 0 saturated carbocycles. The molecule has 0 aliphatic carbocycles. The van der Waals surface area contributed by atoms with Gasteiger partial charge in [0.05, 0.1) is 14.2 Å². The molecule has 2 aromatic carbocycles. The minimum absolute atomic E-state index is 0.164. The lowest BCUT2D eigenvalue weighted by Gasteiger charge is -2.06. The molecule has 2 aromatic rings. The van der Waals surface area contributed by atoms with Crippen LogP contribution in [0, 0.1) is 0 Å². The van der Waals surface area contributed by atoms with E-state index in [4.69, 9.17) is 14.2 Å². The Balaban J connectivity index is 1.88. The van der Waals surface area contributed by atoms with E-state index < -0.39 is 0 Å². The number of rotatable bonds is 8. The molecule has 0 aromatic heterocycles. The standard InChI is InChI=1S/C18H18O5/c1-21-15-7-3-5-13(9-15)17(19)11-23-12-18(20)14-6-4-8-16(10-14)22-2/h3-10H,11-12H2,1-2H3. The van der Waals surface area contributed by atoms with Gasteiger partial charge in [0.2, 0.25) is 0 Å². The van der Waals surface area contributed by atoms with Gasteiger partial charge in [0.25, 0.3) is 0 Å². The van der Waals surface area contributed by atoms with Crippen molar-refractivity contribution < 1.29 is 23.8 Å². The van der Waals surface area contributed by atoms with Crippen LogP contribution in [0.2, 0.25) is 0 Å². The predicted octanol–water partition coefficient (Wildman–Crippen LogP) is 2.79. The van der Waals surface area contributed by atoms with Crippen LogP contribution >= 0.6 is 0 Å². The van der Waals surface area contributed by atoms with Crippen LogP contribution in [0.25, 0.3) is 0 Å². The molecule has 0 bridgehead atoms. The molecule has 120 valence electrons. The molecule has 0 spiro atoms. The van der Waals surface area contributed by atoms with Gasteiger partial charge in [0.15, 0.2) is 11.6 Å². The highest BCUT2D eigenvalue weighted by atomic mass is 16.5. The molecule has 23 heavy (non-hydrogen) atoms. The molecule has 0 atom stereocenters. The molecule has 0 radical (unpaired) electrons. The molecule has 0 unspecified atom stereocenters. The maximum Gasteiger partial charge on any atom is 0.188 e. The lowest BCUT2D eigenvalue weighted by Crippen LogP contribution is -2.15. The Labute approximate surface area is 134 Å². The van der Waals surface area contributed by atoms with Crippen LogP contribution in [0.3, 0.4) is 0 Å². The summed E-state index contributed by atoms with van der Waals surface area (Å²) in [5.41, 5.74) is 0.969. The number of benzene rings is 2. The van der Waals surface area contributed by atoms with Crippen molar-refractivity contribution in [3.05, 3.63) is 59.7 Å². The zero-order valence-corrected chi connectivity index (χ0v) is 13.1. The van der Waals surface area contributed by atoms with E-state index in [1.807, 2.05) is 0 Å². The first kappa shape index (κ1) is 16.7. The third-order valence-corrected chi connectivity index (χ3v) is 3.25. The smallest absolute Gasteiger partial charge is 0.188 e. The van der Waals surface area contributed by atoms with Gasteiger partial charge in [-0.25, -0.2) is 0 Å². The van der Waals surface area contributed by atoms with E-state index in [0.29, 0.717) is 22.6 Å². The summed E-state index contributed by atoms with van der Waals surface area (Å²) in [5.74, 6) is 0.788. The molecule has 0 aliphatic rings. The van der Waals surface area contributed by atoms with Crippen molar-refractivity contribution in [3.8, 4) is 11.5 Å². The molecule has 2 rings (SSSR count). The molecule has 0 heterocycles. The summed E-state index contributed by atoms with van der Waals surface area (Å²) >= 11 is 0. The number of Topliss-reactive ketones (excluding diaryl/α,β-unsaturated/α-hetero) is 2. The summed E-state index contributed by atoms with van der Waals surface area (Å²) in [4.78, 5) is 24.0. The number of ketones is 2. The second-order valence-electron chi connectivity index (χ2n) is 4.80. The van der Waals surface area contributed by atoms with Crippen LogP contribution in [-0.2, 0) is 4.74 Å². The Morgan fingerprint density at radius 1 is 0.783 bits per heavy atom. The van der Waals surface area contributed by atoms with Gasteiger partial charge in [-0.05, 0) is 24.3 Å². The lowest BCUT2D eigenvalue weighted by atomic mass is 10.1. The molecule has 0 amide bonds. The van der Waals surface area contributed by atoms with E-state index in [1.165, 1.54) is 14.2 Å².